The van der Waals surface area contributed by atoms with Crippen molar-refractivity contribution in [2.75, 3.05) is 5.75 Å². The van der Waals surface area contributed by atoms with Gasteiger partial charge < -0.3 is 0 Å². The molecule has 0 aliphatic carbocycles. The Morgan fingerprint density at radius 2 is 1.37 bits per heavy atom. The number of rotatable bonds is 13. The number of carboxylic acids is 1. The molecule has 0 aliphatic rings. The molecule has 0 aromatic rings. The van der Waals surface area contributed by atoms with Crippen molar-refractivity contribution in [3.05, 3.63) is 0 Å². The van der Waals surface area contributed by atoms with Crippen molar-refractivity contribution in [3.8, 4) is 0 Å². The summed E-state index contributed by atoms with van der Waals surface area (Å²) in [6, 6.07) is 0. The Morgan fingerprint density at radius 3 is 1.68 bits per heavy atom. The fourth-order valence-electron chi connectivity index (χ4n) is 2.44. The van der Waals surface area contributed by atoms with Crippen molar-refractivity contribution >= 4 is 31.9 Å². The molecule has 0 rings (SSSR count). The van der Waals surface area contributed by atoms with E-state index in [0.29, 0.717) is 6.42 Å². The van der Waals surface area contributed by atoms with Gasteiger partial charge in [-0.3, -0.25) is 0 Å². The monoisotopic (exact) mass is 396 g/mol. The van der Waals surface area contributed by atoms with E-state index in [1.54, 1.807) is 0 Å². The normalized spacial score (nSPS) is 11.7. The molecule has 4 heteroatoms. The first-order valence-electron chi connectivity index (χ1n) is 7.96. The van der Waals surface area contributed by atoms with Crippen LogP contribution in [-0.4, -0.2) is 33.8 Å². The molecule has 0 spiro atoms. The number of aliphatic carboxylic acids is 1. The van der Waals surface area contributed by atoms with E-state index < -0.39 is 23.0 Å². The second-order valence-corrected chi connectivity index (χ2v) is 25.5. The van der Waals surface area contributed by atoms with Gasteiger partial charge in [0, 0.05) is 0 Å². The van der Waals surface area contributed by atoms with Gasteiger partial charge in [0.1, 0.15) is 0 Å². The Morgan fingerprint density at radius 1 is 0.947 bits per heavy atom. The van der Waals surface area contributed by atoms with Crippen molar-refractivity contribution in [3.63, 3.8) is 0 Å². The maximum absolute atomic E-state index is 10.7. The first-order chi connectivity index (χ1) is 9.10. The molecular formula is C15H32O2SSn. The van der Waals surface area contributed by atoms with Crippen LogP contribution in [0.25, 0.3) is 0 Å². The van der Waals surface area contributed by atoms with Gasteiger partial charge in [-0.2, -0.15) is 0 Å². The molecule has 0 saturated heterocycles. The number of hydrogen-bond acceptors (Lipinski definition) is 2. The predicted octanol–water partition coefficient (Wildman–Crippen LogP) is 5.54. The number of hydrogen-bond donors (Lipinski definition) is 1. The first kappa shape index (κ1) is 19.6. The van der Waals surface area contributed by atoms with Crippen LogP contribution < -0.4 is 0 Å². The topological polar surface area (TPSA) is 37.3 Å². The average molecular weight is 395 g/mol. The van der Waals surface area contributed by atoms with Crippen LogP contribution in [0.3, 0.4) is 0 Å². The molecule has 0 saturated carbocycles. The average Bonchev–Trinajstić information content (AvgIpc) is 2.39. The Kier molecular flexibility index (Phi) is 12.8. The van der Waals surface area contributed by atoms with Crippen LogP contribution in [-0.2, 0) is 4.79 Å². The van der Waals surface area contributed by atoms with E-state index >= 15 is 0 Å². The predicted molar refractivity (Wildman–Crippen MR) is 89.6 cm³/mol. The zero-order valence-electron chi connectivity index (χ0n) is 13.0. The molecule has 2 nitrogen and oxygen atoms in total. The summed E-state index contributed by atoms with van der Waals surface area (Å²) in [5.74, 6) is 0.233. The van der Waals surface area contributed by atoms with E-state index in [1.807, 2.05) is 0 Å². The summed E-state index contributed by atoms with van der Waals surface area (Å²) in [7, 11) is 2.15. The van der Waals surface area contributed by atoms with Crippen LogP contribution in [0.1, 0.15) is 65.7 Å². The van der Waals surface area contributed by atoms with Crippen LogP contribution >= 0.6 is 8.95 Å². The standard InChI is InChI=1S/3C4H9.C3H6O2S.Sn/c3*1-3-4-2;4-3(5)1-2-6;/h3*1,3-4H2,2H3;6H,1-2H2,(H,4,5);/q;;;;+1/p-1. The molecule has 0 atom stereocenters. The third kappa shape index (κ3) is 10.1. The van der Waals surface area contributed by atoms with Gasteiger partial charge in [0.05, 0.1) is 0 Å². The number of carbonyl (C=O) groups is 1. The molecule has 0 aliphatic heterocycles. The Balaban J connectivity index is 4.51. The van der Waals surface area contributed by atoms with Gasteiger partial charge in [0.2, 0.25) is 0 Å². The van der Waals surface area contributed by atoms with Gasteiger partial charge in [-0.05, 0) is 0 Å². The van der Waals surface area contributed by atoms with E-state index in [2.05, 4.69) is 29.7 Å². The van der Waals surface area contributed by atoms with Crippen LogP contribution in [0.5, 0.6) is 0 Å². The molecule has 0 fully saturated rings. The quantitative estimate of drug-likeness (QED) is 0.416. The SMILES string of the molecule is CCC[CH2][Sn]([CH2]CCC)([CH2]CCC)[S]CCC(=O)O. The number of unbranched alkanes of at least 4 members (excludes halogenated alkanes) is 3. The van der Waals surface area contributed by atoms with Crippen LogP contribution in [0.2, 0.25) is 13.3 Å². The van der Waals surface area contributed by atoms with Crippen LogP contribution in [0.4, 0.5) is 0 Å². The van der Waals surface area contributed by atoms with E-state index in [4.69, 9.17) is 5.11 Å². The summed E-state index contributed by atoms with van der Waals surface area (Å²) in [6.45, 7) is 6.83. The van der Waals surface area contributed by atoms with Gasteiger partial charge in [-0.1, -0.05) is 0 Å². The van der Waals surface area contributed by atoms with Crippen LogP contribution in [0, 0.1) is 0 Å². The van der Waals surface area contributed by atoms with E-state index in [1.165, 1.54) is 51.8 Å². The molecule has 0 aromatic heterocycles. The second-order valence-electron chi connectivity index (χ2n) is 5.49. The Labute approximate surface area is 126 Å². The van der Waals surface area contributed by atoms with E-state index in [9.17, 15) is 4.79 Å². The minimum atomic E-state index is -2.10. The minimum absolute atomic E-state index is 0.355. The summed E-state index contributed by atoms with van der Waals surface area (Å²) >= 11 is -2.10. The number of carboxylic acid groups (broad SMARTS) is 1. The summed E-state index contributed by atoms with van der Waals surface area (Å²) in [4.78, 5) is 10.7. The molecule has 0 aromatic carbocycles. The van der Waals surface area contributed by atoms with Gasteiger partial charge in [0.25, 0.3) is 0 Å². The first-order valence-corrected chi connectivity index (χ1v) is 18.5. The fraction of sp³-hybridized carbons (Fsp3) is 0.933. The summed E-state index contributed by atoms with van der Waals surface area (Å²) < 4.78 is 4.40. The van der Waals surface area contributed by atoms with Crippen molar-refractivity contribution in [1.82, 2.24) is 0 Å². The Bertz CT molecular complexity index is 212. The summed E-state index contributed by atoms with van der Waals surface area (Å²) in [5, 5.41) is 8.85. The van der Waals surface area contributed by atoms with Gasteiger partial charge >= 0.3 is 127 Å². The molecule has 0 unspecified atom stereocenters. The Hall–Kier alpha value is 0.619. The van der Waals surface area contributed by atoms with E-state index in [0.717, 1.165) is 5.75 Å². The third-order valence-electron chi connectivity index (χ3n) is 3.68. The van der Waals surface area contributed by atoms with Gasteiger partial charge in [0.15, 0.2) is 0 Å². The molecule has 19 heavy (non-hydrogen) atoms. The van der Waals surface area contributed by atoms with E-state index in [-0.39, 0.29) is 0 Å². The third-order valence-corrected chi connectivity index (χ3v) is 26.6. The molecule has 0 heterocycles. The maximum atomic E-state index is 10.7. The summed E-state index contributed by atoms with van der Waals surface area (Å²) in [6.07, 6.45) is 8.31. The molecule has 1 N–H and O–H groups in total. The molecule has 0 radical (unpaired) electrons. The van der Waals surface area contributed by atoms with Crippen molar-refractivity contribution in [2.45, 2.75) is 79.0 Å². The zero-order valence-corrected chi connectivity index (χ0v) is 16.7. The molecule has 0 bridgehead atoms. The molecule has 0 amide bonds. The fourth-order valence-corrected chi connectivity index (χ4v) is 25.5. The summed E-state index contributed by atoms with van der Waals surface area (Å²) in [5.41, 5.74) is 0. The second kappa shape index (κ2) is 12.4. The van der Waals surface area contributed by atoms with Crippen molar-refractivity contribution in [2.24, 2.45) is 0 Å². The van der Waals surface area contributed by atoms with Crippen molar-refractivity contribution < 1.29 is 9.90 Å². The van der Waals surface area contributed by atoms with Gasteiger partial charge in [-0.25, -0.2) is 0 Å². The molecular weight excluding hydrogens is 363 g/mol. The van der Waals surface area contributed by atoms with Gasteiger partial charge in [-0.15, -0.1) is 0 Å². The van der Waals surface area contributed by atoms with Crippen LogP contribution in [0.15, 0.2) is 0 Å². The van der Waals surface area contributed by atoms with Crippen molar-refractivity contribution in [1.29, 1.82) is 0 Å². The molecule has 114 valence electrons. The zero-order chi connectivity index (χ0) is 14.6.